The predicted octanol–water partition coefficient (Wildman–Crippen LogP) is 2.60. The summed E-state index contributed by atoms with van der Waals surface area (Å²) in [5, 5.41) is 10.9. The number of benzene rings is 1. The monoisotopic (exact) mass is 421 g/mol. The minimum absolute atomic E-state index is 0. The van der Waals surface area contributed by atoms with Gasteiger partial charge in [0, 0.05) is 30.4 Å². The molecule has 2 N–H and O–H groups in total. The van der Waals surface area contributed by atoms with Crippen molar-refractivity contribution in [3.8, 4) is 0 Å². The molecule has 1 aromatic carbocycles. The highest BCUT2D eigenvalue weighted by molar-refractivity contribution is 6.31. The molecule has 0 aliphatic rings. The Morgan fingerprint density at radius 1 is 1.31 bits per heavy atom. The molecule has 2 unspecified atom stereocenters. The van der Waals surface area contributed by atoms with Crippen molar-refractivity contribution in [1.82, 2.24) is 25.3 Å². The van der Waals surface area contributed by atoms with Gasteiger partial charge in [-0.05, 0) is 32.8 Å². The molecule has 0 fully saturated rings. The van der Waals surface area contributed by atoms with Gasteiger partial charge in [-0.15, -0.1) is 24.8 Å². The third-order valence-corrected chi connectivity index (χ3v) is 4.31. The molecule has 2 atom stereocenters. The number of nitrogens with zero attached hydrogens (tertiary/aromatic N) is 3. The van der Waals surface area contributed by atoms with Crippen molar-refractivity contribution in [1.29, 1.82) is 0 Å². The second kappa shape index (κ2) is 11.4. The Hall–Kier alpha value is -1.31. The van der Waals surface area contributed by atoms with Crippen LogP contribution in [0.5, 0.6) is 0 Å². The number of hydrogen-bond donors (Lipinski definition) is 2. The normalized spacial score (nSPS) is 12.7. The second-order valence-corrected chi connectivity index (χ2v) is 6.32. The lowest BCUT2D eigenvalue weighted by atomic mass is 10.1. The van der Waals surface area contributed by atoms with Crippen molar-refractivity contribution >= 4 is 42.3 Å². The van der Waals surface area contributed by atoms with Gasteiger partial charge in [-0.2, -0.15) is 5.10 Å². The zero-order chi connectivity index (χ0) is 17.7. The molecule has 6 nitrogen and oxygen atoms in total. The van der Waals surface area contributed by atoms with Crippen LogP contribution in [0.2, 0.25) is 5.02 Å². The van der Waals surface area contributed by atoms with Gasteiger partial charge in [0.1, 0.15) is 6.04 Å². The number of hydrogen-bond acceptors (Lipinski definition) is 4. The number of aromatic nitrogens is 2. The van der Waals surface area contributed by atoms with Crippen LogP contribution in [-0.2, 0) is 11.8 Å². The quantitative estimate of drug-likeness (QED) is 0.720. The number of likely N-dealkylation sites (N-methyl/N-ethyl adjacent to an activating group) is 2. The number of carbonyl (C=O) groups is 1. The van der Waals surface area contributed by atoms with Crippen molar-refractivity contribution < 1.29 is 4.79 Å². The van der Waals surface area contributed by atoms with Crippen LogP contribution in [0.15, 0.2) is 36.7 Å². The smallest absolute Gasteiger partial charge is 0.241 e. The van der Waals surface area contributed by atoms with E-state index >= 15 is 0 Å². The molecule has 0 aliphatic heterocycles. The van der Waals surface area contributed by atoms with Gasteiger partial charge in [-0.1, -0.05) is 29.8 Å². The van der Waals surface area contributed by atoms with Crippen molar-refractivity contribution in [3.05, 3.63) is 52.8 Å². The summed E-state index contributed by atoms with van der Waals surface area (Å²) in [5.74, 6) is -0.0931. The maximum absolute atomic E-state index is 12.6. The third kappa shape index (κ3) is 6.14. The van der Waals surface area contributed by atoms with Crippen molar-refractivity contribution in [2.24, 2.45) is 7.05 Å². The van der Waals surface area contributed by atoms with E-state index in [9.17, 15) is 4.79 Å². The Morgan fingerprint density at radius 2 is 1.96 bits per heavy atom. The molecule has 0 bridgehead atoms. The molecule has 2 aromatic rings. The maximum atomic E-state index is 12.6. The lowest BCUT2D eigenvalue weighted by Crippen LogP contribution is -2.40. The van der Waals surface area contributed by atoms with E-state index in [1.807, 2.05) is 56.5 Å². The molecule has 146 valence electrons. The molecule has 1 amide bonds. The average molecular weight is 423 g/mol. The van der Waals surface area contributed by atoms with E-state index in [1.54, 1.807) is 17.9 Å². The Bertz CT molecular complexity index is 693. The fourth-order valence-corrected chi connectivity index (χ4v) is 2.92. The third-order valence-electron chi connectivity index (χ3n) is 3.97. The van der Waals surface area contributed by atoms with Gasteiger partial charge in [0.15, 0.2) is 0 Å². The van der Waals surface area contributed by atoms with Crippen molar-refractivity contribution in [2.45, 2.75) is 12.1 Å². The molecule has 1 heterocycles. The summed E-state index contributed by atoms with van der Waals surface area (Å²) in [6.07, 6.45) is 3.52. The first kappa shape index (κ1) is 24.7. The number of carbonyl (C=O) groups excluding carboxylic acids is 1. The molecule has 0 saturated carbocycles. The minimum Gasteiger partial charge on any atom is -0.353 e. The Kier molecular flexibility index (Phi) is 10.8. The summed E-state index contributed by atoms with van der Waals surface area (Å²) in [4.78, 5) is 14.6. The number of amides is 1. The molecule has 26 heavy (non-hydrogen) atoms. The van der Waals surface area contributed by atoms with Crippen LogP contribution in [0.4, 0.5) is 0 Å². The summed E-state index contributed by atoms with van der Waals surface area (Å²) < 4.78 is 1.68. The van der Waals surface area contributed by atoms with Gasteiger partial charge in [0.2, 0.25) is 5.91 Å². The Labute approximate surface area is 172 Å². The number of nitrogens with one attached hydrogen (secondary N) is 2. The van der Waals surface area contributed by atoms with Gasteiger partial charge in [-0.25, -0.2) is 0 Å². The van der Waals surface area contributed by atoms with Crippen LogP contribution < -0.4 is 10.6 Å². The Morgan fingerprint density at radius 3 is 2.46 bits per heavy atom. The standard InChI is InChI=1S/C17H24ClN5O.2ClH/c1-19-16(12-9-21-23(4)11-12)17(24)20-10-15(22(2)3)13-7-5-6-8-14(13)18;;/h5-9,11,15-16,19H,10H2,1-4H3,(H,20,24);2*1H. The first-order valence-corrected chi connectivity index (χ1v) is 8.16. The summed E-state index contributed by atoms with van der Waals surface area (Å²) in [7, 11) is 7.52. The van der Waals surface area contributed by atoms with Gasteiger partial charge in [0.25, 0.3) is 0 Å². The SMILES string of the molecule is CNC(C(=O)NCC(c1ccccc1Cl)N(C)C)c1cnn(C)c1.Cl.Cl. The van der Waals surface area contributed by atoms with E-state index in [1.165, 1.54) is 0 Å². The molecule has 0 aliphatic carbocycles. The molecule has 0 saturated heterocycles. The lowest BCUT2D eigenvalue weighted by molar-refractivity contribution is -0.123. The topological polar surface area (TPSA) is 62.2 Å². The number of halogens is 3. The fourth-order valence-electron chi connectivity index (χ4n) is 2.65. The van der Waals surface area contributed by atoms with Gasteiger partial charge in [-0.3, -0.25) is 9.48 Å². The van der Waals surface area contributed by atoms with Gasteiger partial charge >= 0.3 is 0 Å². The minimum atomic E-state index is -0.437. The molecule has 2 rings (SSSR count). The molecule has 0 spiro atoms. The highest BCUT2D eigenvalue weighted by Crippen LogP contribution is 2.25. The van der Waals surface area contributed by atoms with Crippen LogP contribution >= 0.6 is 36.4 Å². The summed E-state index contributed by atoms with van der Waals surface area (Å²) in [6.45, 7) is 0.466. The van der Waals surface area contributed by atoms with Crippen molar-refractivity contribution in [3.63, 3.8) is 0 Å². The van der Waals surface area contributed by atoms with E-state index < -0.39 is 6.04 Å². The van der Waals surface area contributed by atoms with Crippen LogP contribution in [0.1, 0.15) is 23.2 Å². The van der Waals surface area contributed by atoms with Gasteiger partial charge in [0.05, 0.1) is 12.2 Å². The van der Waals surface area contributed by atoms with Crippen LogP contribution in [0.3, 0.4) is 0 Å². The second-order valence-electron chi connectivity index (χ2n) is 5.92. The number of rotatable bonds is 7. The van der Waals surface area contributed by atoms with E-state index in [0.29, 0.717) is 11.6 Å². The zero-order valence-electron chi connectivity index (χ0n) is 15.3. The largest absolute Gasteiger partial charge is 0.353 e. The first-order chi connectivity index (χ1) is 11.4. The summed E-state index contributed by atoms with van der Waals surface area (Å²) in [5.41, 5.74) is 1.82. The molecular weight excluding hydrogens is 397 g/mol. The molecular formula is C17H26Cl3N5O. The highest BCUT2D eigenvalue weighted by atomic mass is 35.5. The zero-order valence-corrected chi connectivity index (χ0v) is 17.7. The van der Waals surface area contributed by atoms with E-state index in [4.69, 9.17) is 11.6 Å². The van der Waals surface area contributed by atoms with Crippen LogP contribution in [-0.4, -0.2) is 48.3 Å². The molecule has 0 radical (unpaired) electrons. The fraction of sp³-hybridized carbons (Fsp3) is 0.412. The van der Waals surface area contributed by atoms with Crippen molar-refractivity contribution in [2.75, 3.05) is 27.7 Å². The lowest BCUT2D eigenvalue weighted by Gasteiger charge is -2.26. The van der Waals surface area contributed by atoms with Crippen LogP contribution in [0, 0.1) is 0 Å². The Balaban J connectivity index is 0.00000312. The summed E-state index contributed by atoms with van der Waals surface area (Å²) in [6, 6.07) is 7.25. The average Bonchev–Trinajstić information content (AvgIpc) is 2.96. The number of aryl methyl sites for hydroxylation is 1. The predicted molar refractivity (Wildman–Crippen MR) is 110 cm³/mol. The molecule has 1 aromatic heterocycles. The molecule has 9 heteroatoms. The van der Waals surface area contributed by atoms with E-state index in [2.05, 4.69) is 15.7 Å². The van der Waals surface area contributed by atoms with E-state index in [0.717, 1.165) is 11.1 Å². The highest BCUT2D eigenvalue weighted by Gasteiger charge is 2.23. The maximum Gasteiger partial charge on any atom is 0.241 e. The summed E-state index contributed by atoms with van der Waals surface area (Å²) >= 11 is 6.30. The van der Waals surface area contributed by atoms with Gasteiger partial charge < -0.3 is 15.5 Å². The van der Waals surface area contributed by atoms with Crippen LogP contribution in [0.25, 0.3) is 0 Å². The van der Waals surface area contributed by atoms with E-state index in [-0.39, 0.29) is 36.8 Å². The first-order valence-electron chi connectivity index (χ1n) is 7.78.